The summed E-state index contributed by atoms with van der Waals surface area (Å²) in [7, 11) is 0. The van der Waals surface area contributed by atoms with Crippen LogP contribution < -0.4 is 15.9 Å². The third-order valence-corrected chi connectivity index (χ3v) is 8.49. The number of oxime groups is 1. The fraction of sp³-hybridized carbons (Fsp3) is 0.227. The largest absolute Gasteiger partial charge is 0.477 e. The molecule has 0 saturated carbocycles. The molecule has 2 amide bonds. The molecule has 2 aromatic heterocycles. The van der Waals surface area contributed by atoms with Gasteiger partial charge in [-0.15, -0.1) is 23.4 Å². The van der Waals surface area contributed by atoms with E-state index in [9.17, 15) is 19.5 Å². The van der Waals surface area contributed by atoms with Crippen LogP contribution in [0.15, 0.2) is 64.6 Å². The van der Waals surface area contributed by atoms with E-state index in [0.717, 1.165) is 11.5 Å². The lowest BCUT2D eigenvalue weighted by Crippen LogP contribution is -2.71. The first-order chi connectivity index (χ1) is 19.4. The molecule has 4 N–H and O–H groups in total. The molecule has 2 atom stereocenters. The second-order valence-electron chi connectivity index (χ2n) is 8.14. The number of anilines is 1. The number of tetrazole rings is 1. The maximum Gasteiger partial charge on any atom is 0.352 e. The fourth-order valence-corrected chi connectivity index (χ4v) is 6.59. The molecule has 4 heterocycles. The van der Waals surface area contributed by atoms with Crippen molar-refractivity contribution in [3.8, 4) is 5.75 Å². The molecule has 0 spiro atoms. The zero-order valence-electron chi connectivity index (χ0n) is 20.4. The Morgan fingerprint density at radius 2 is 2.15 bits per heavy atom. The summed E-state index contributed by atoms with van der Waals surface area (Å²) in [6, 6.07) is 7.54. The highest BCUT2D eigenvalue weighted by atomic mass is 32.2. The molecule has 40 heavy (non-hydrogen) atoms. The van der Waals surface area contributed by atoms with Crippen LogP contribution in [0.25, 0.3) is 0 Å². The van der Waals surface area contributed by atoms with Crippen molar-refractivity contribution in [2.75, 3.05) is 17.2 Å². The van der Waals surface area contributed by atoms with Gasteiger partial charge >= 0.3 is 5.97 Å². The molecular weight excluding hydrogens is 581 g/mol. The number of rotatable bonds is 11. The minimum absolute atomic E-state index is 0.0694. The van der Waals surface area contributed by atoms with Crippen LogP contribution in [0, 0.1) is 0 Å². The first-order valence-electron chi connectivity index (χ1n) is 11.5. The Kier molecular flexibility index (Phi) is 8.08. The van der Waals surface area contributed by atoms with Gasteiger partial charge in [-0.1, -0.05) is 41.2 Å². The Balaban J connectivity index is 1.31. The number of carboxylic acids is 1. The number of amides is 2. The first-order valence-corrected chi connectivity index (χ1v) is 14.3. The molecule has 0 bridgehead atoms. The third kappa shape index (κ3) is 5.54. The van der Waals surface area contributed by atoms with Gasteiger partial charge in [-0.2, -0.15) is 9.36 Å². The van der Waals surface area contributed by atoms with Gasteiger partial charge in [0.05, 0.1) is 6.54 Å². The highest BCUT2D eigenvalue weighted by Gasteiger charge is 2.54. The first kappa shape index (κ1) is 27.3. The second-order valence-corrected chi connectivity index (χ2v) is 11.0. The zero-order chi connectivity index (χ0) is 28.2. The number of fused-ring (bicyclic) bond motifs is 1. The van der Waals surface area contributed by atoms with Gasteiger partial charge in [-0.3, -0.25) is 14.5 Å². The number of nitrogens with one attached hydrogen (secondary N) is 1. The van der Waals surface area contributed by atoms with E-state index in [-0.39, 0.29) is 28.1 Å². The van der Waals surface area contributed by atoms with E-state index in [0.29, 0.717) is 28.8 Å². The standard InChI is InChI=1S/C22H20N10O5S3/c1-2-8-31-22(26-29-30-31)39-10-11-9-38-19-14(18(34)32(19)15(11)20(35)36)24-17(33)13(16-25-21(23)40-28-16)27-37-12-6-4-3-5-7-12/h2-7,14,19H,1,8-10H2,(H,24,33)(H,35,36)(H2,23,25,28)/b27-13+. The summed E-state index contributed by atoms with van der Waals surface area (Å²) in [5, 5.41) is 27.9. The third-order valence-electron chi connectivity index (χ3n) is 5.57. The Morgan fingerprint density at radius 1 is 1.35 bits per heavy atom. The number of carbonyl (C=O) groups excluding carboxylic acids is 2. The molecule has 206 valence electrons. The maximum absolute atomic E-state index is 13.2. The average molecular weight is 601 g/mol. The van der Waals surface area contributed by atoms with Crippen molar-refractivity contribution in [3.05, 3.63) is 60.1 Å². The Bertz CT molecular complexity index is 1520. The van der Waals surface area contributed by atoms with Crippen molar-refractivity contribution < 1.29 is 24.3 Å². The number of aliphatic carboxylic acids is 1. The van der Waals surface area contributed by atoms with E-state index in [4.69, 9.17) is 10.6 Å². The molecule has 1 fully saturated rings. The van der Waals surface area contributed by atoms with Gasteiger partial charge in [-0.25, -0.2) is 9.48 Å². The predicted molar refractivity (Wildman–Crippen MR) is 146 cm³/mol. The molecule has 3 aromatic rings. The van der Waals surface area contributed by atoms with Gasteiger partial charge in [0.15, 0.2) is 10.9 Å². The summed E-state index contributed by atoms with van der Waals surface area (Å²) in [4.78, 5) is 49.1. The maximum atomic E-state index is 13.2. The van der Waals surface area contributed by atoms with Gasteiger partial charge in [0, 0.05) is 23.0 Å². The molecule has 1 aromatic carbocycles. The smallest absolute Gasteiger partial charge is 0.352 e. The van der Waals surface area contributed by atoms with Crippen molar-refractivity contribution in [1.29, 1.82) is 0 Å². The van der Waals surface area contributed by atoms with Gasteiger partial charge in [0.2, 0.25) is 16.7 Å². The number of carboxylic acid groups (broad SMARTS) is 1. The highest BCUT2D eigenvalue weighted by Crippen LogP contribution is 2.41. The number of nitrogen functional groups attached to an aromatic ring is 1. The highest BCUT2D eigenvalue weighted by molar-refractivity contribution is 8.01. The van der Waals surface area contributed by atoms with Crippen LogP contribution in [0.3, 0.4) is 0 Å². The number of nitrogens with zero attached hydrogens (tertiary/aromatic N) is 8. The monoisotopic (exact) mass is 600 g/mol. The number of para-hydroxylation sites is 1. The Labute approximate surface area is 238 Å². The normalized spacial score (nSPS) is 18.6. The number of hydrogen-bond donors (Lipinski definition) is 3. The number of carbonyl (C=O) groups is 3. The molecule has 2 unspecified atom stereocenters. The van der Waals surface area contributed by atoms with Gasteiger partial charge in [0.25, 0.3) is 11.8 Å². The predicted octanol–water partition coefficient (Wildman–Crippen LogP) is 0.607. The van der Waals surface area contributed by atoms with Gasteiger partial charge in [0.1, 0.15) is 17.1 Å². The molecule has 15 nitrogen and oxygen atoms in total. The molecular formula is C22H20N10O5S3. The van der Waals surface area contributed by atoms with Crippen LogP contribution in [-0.4, -0.2) is 86.0 Å². The van der Waals surface area contributed by atoms with Crippen molar-refractivity contribution in [2.45, 2.75) is 23.1 Å². The molecule has 18 heteroatoms. The van der Waals surface area contributed by atoms with E-state index in [1.807, 2.05) is 0 Å². The molecule has 2 aliphatic heterocycles. The lowest BCUT2D eigenvalue weighted by atomic mass is 10.0. The lowest BCUT2D eigenvalue weighted by Gasteiger charge is -2.49. The minimum Gasteiger partial charge on any atom is -0.477 e. The molecule has 0 aliphatic carbocycles. The summed E-state index contributed by atoms with van der Waals surface area (Å²) in [6.45, 7) is 4.06. The van der Waals surface area contributed by atoms with E-state index < -0.39 is 29.2 Å². The van der Waals surface area contributed by atoms with E-state index in [2.05, 4.69) is 41.9 Å². The van der Waals surface area contributed by atoms with Crippen LogP contribution in [-0.2, 0) is 20.9 Å². The van der Waals surface area contributed by atoms with Crippen LogP contribution >= 0.6 is 35.1 Å². The van der Waals surface area contributed by atoms with E-state index >= 15 is 0 Å². The minimum atomic E-state index is -1.25. The number of allylic oxidation sites excluding steroid dienone is 1. The summed E-state index contributed by atoms with van der Waals surface area (Å²) in [6.07, 6.45) is 1.64. The van der Waals surface area contributed by atoms with Crippen LogP contribution in [0.2, 0.25) is 0 Å². The van der Waals surface area contributed by atoms with Crippen LogP contribution in [0.1, 0.15) is 5.82 Å². The summed E-state index contributed by atoms with van der Waals surface area (Å²) >= 11 is 3.45. The summed E-state index contributed by atoms with van der Waals surface area (Å²) < 4.78 is 5.56. The molecule has 5 rings (SSSR count). The topological polar surface area (TPSA) is 204 Å². The van der Waals surface area contributed by atoms with Crippen molar-refractivity contribution in [1.82, 2.24) is 39.8 Å². The lowest BCUT2D eigenvalue weighted by molar-refractivity contribution is -0.150. The fourth-order valence-electron chi connectivity index (χ4n) is 3.79. The van der Waals surface area contributed by atoms with Crippen molar-refractivity contribution in [2.24, 2.45) is 5.16 Å². The second kappa shape index (κ2) is 11.8. The summed E-state index contributed by atoms with van der Waals surface area (Å²) in [5.74, 6) is -1.72. The van der Waals surface area contributed by atoms with Crippen molar-refractivity contribution >= 4 is 63.7 Å². The molecule has 1 saturated heterocycles. The summed E-state index contributed by atoms with van der Waals surface area (Å²) in [5.41, 5.74) is 5.81. The SMILES string of the molecule is C=CCn1nnnc1SCC1=C(C(=O)O)N2C(=O)C(NC(=O)/C(=N/Oc3ccccc3)c3nsc(N)n3)C2SC1. The molecule has 2 aliphatic rings. The van der Waals surface area contributed by atoms with Crippen LogP contribution in [0.4, 0.5) is 5.13 Å². The average Bonchev–Trinajstić information content (AvgIpc) is 3.59. The van der Waals surface area contributed by atoms with Gasteiger partial charge < -0.3 is 21.0 Å². The number of hydrogen-bond acceptors (Lipinski definition) is 14. The Hall–Kier alpha value is -4.29. The number of benzene rings is 1. The van der Waals surface area contributed by atoms with E-state index in [1.165, 1.54) is 33.1 Å². The number of aromatic nitrogens is 6. The Morgan fingerprint density at radius 3 is 2.85 bits per heavy atom. The molecule has 0 radical (unpaired) electrons. The number of nitrogens with two attached hydrogens (primary N) is 1. The number of β-lactam (4-membered cyclic amide) rings is 1. The van der Waals surface area contributed by atoms with E-state index in [1.54, 1.807) is 36.4 Å². The zero-order valence-corrected chi connectivity index (χ0v) is 22.9. The number of thioether (sulfide) groups is 2. The van der Waals surface area contributed by atoms with Crippen LogP contribution in [0.5, 0.6) is 5.75 Å². The van der Waals surface area contributed by atoms with Gasteiger partial charge in [-0.05, 0) is 28.1 Å². The quantitative estimate of drug-likeness (QED) is 0.0908. The van der Waals surface area contributed by atoms with Crippen molar-refractivity contribution in [3.63, 3.8) is 0 Å².